The van der Waals surface area contributed by atoms with Crippen molar-refractivity contribution in [1.82, 2.24) is 5.32 Å². The van der Waals surface area contributed by atoms with E-state index in [1.807, 2.05) is 35.0 Å². The van der Waals surface area contributed by atoms with Gasteiger partial charge < -0.3 is 10.1 Å². The Kier molecular flexibility index (Phi) is 4.53. The zero-order valence-corrected chi connectivity index (χ0v) is 12.8. The van der Waals surface area contributed by atoms with Crippen LogP contribution in [0.4, 0.5) is 0 Å². The van der Waals surface area contributed by atoms with Crippen molar-refractivity contribution < 1.29 is 14.3 Å². The first-order valence-electron chi connectivity index (χ1n) is 7.28. The second-order valence-corrected chi connectivity index (χ2v) is 6.15. The molecule has 114 valence electrons. The summed E-state index contributed by atoms with van der Waals surface area (Å²) < 4.78 is 5.45. The molecule has 1 fully saturated rings. The number of rotatable bonds is 6. The van der Waals surface area contributed by atoms with Gasteiger partial charge in [0.2, 0.25) is 6.10 Å². The van der Waals surface area contributed by atoms with Gasteiger partial charge in [0.15, 0.2) is 0 Å². The lowest BCUT2D eigenvalue weighted by Gasteiger charge is -2.18. The van der Waals surface area contributed by atoms with E-state index in [0.717, 1.165) is 18.4 Å². The standard InChI is InChI=1S/C17H17NO3S/c19-15(10-12-8-9-22-11-12)21-16(13-4-2-1-3-5-13)17(20)18-14-6-7-14/h1-5,8-9,11,14,16H,6-7,10H2,(H,18,20)/t16-/m0/s1. The minimum atomic E-state index is -0.882. The van der Waals surface area contributed by atoms with Crippen LogP contribution in [-0.2, 0) is 20.7 Å². The van der Waals surface area contributed by atoms with E-state index in [-0.39, 0.29) is 18.4 Å². The molecule has 3 rings (SSSR count). The molecule has 1 saturated carbocycles. The highest BCUT2D eigenvalue weighted by Gasteiger charge is 2.30. The Labute approximate surface area is 133 Å². The van der Waals surface area contributed by atoms with E-state index >= 15 is 0 Å². The van der Waals surface area contributed by atoms with Gasteiger partial charge >= 0.3 is 5.97 Å². The SMILES string of the molecule is O=C(Cc1ccsc1)O[C@H](C(=O)NC1CC1)c1ccccc1. The van der Waals surface area contributed by atoms with Gasteiger partial charge in [-0.1, -0.05) is 30.3 Å². The number of thiophene rings is 1. The lowest BCUT2D eigenvalue weighted by atomic mass is 10.1. The molecule has 1 aliphatic rings. The van der Waals surface area contributed by atoms with Crippen LogP contribution in [0, 0.1) is 0 Å². The Morgan fingerprint density at radius 3 is 2.64 bits per heavy atom. The van der Waals surface area contributed by atoms with Crippen LogP contribution in [0.3, 0.4) is 0 Å². The second kappa shape index (κ2) is 6.75. The van der Waals surface area contributed by atoms with E-state index in [2.05, 4.69) is 5.32 Å². The highest BCUT2D eigenvalue weighted by molar-refractivity contribution is 7.07. The summed E-state index contributed by atoms with van der Waals surface area (Å²) in [7, 11) is 0. The smallest absolute Gasteiger partial charge is 0.311 e. The maximum absolute atomic E-state index is 12.3. The van der Waals surface area contributed by atoms with Gasteiger partial charge in [-0.05, 0) is 35.2 Å². The number of esters is 1. The van der Waals surface area contributed by atoms with Gasteiger partial charge in [0.25, 0.3) is 5.91 Å². The molecule has 1 amide bonds. The first-order valence-corrected chi connectivity index (χ1v) is 8.22. The molecular weight excluding hydrogens is 298 g/mol. The molecule has 5 heteroatoms. The molecule has 0 aliphatic heterocycles. The quantitative estimate of drug-likeness (QED) is 0.834. The van der Waals surface area contributed by atoms with Gasteiger partial charge in [0.05, 0.1) is 6.42 Å². The molecule has 0 saturated heterocycles. The monoisotopic (exact) mass is 315 g/mol. The number of carbonyl (C=O) groups excluding carboxylic acids is 2. The Morgan fingerprint density at radius 2 is 2.00 bits per heavy atom. The zero-order chi connectivity index (χ0) is 15.4. The van der Waals surface area contributed by atoms with E-state index < -0.39 is 12.1 Å². The summed E-state index contributed by atoms with van der Waals surface area (Å²) in [6.45, 7) is 0. The number of carbonyl (C=O) groups is 2. The van der Waals surface area contributed by atoms with Crippen LogP contribution < -0.4 is 5.32 Å². The average Bonchev–Trinajstić information content (AvgIpc) is 3.19. The number of nitrogens with one attached hydrogen (secondary N) is 1. The van der Waals surface area contributed by atoms with Crippen LogP contribution in [0.1, 0.15) is 30.1 Å². The maximum atomic E-state index is 12.3. The van der Waals surface area contributed by atoms with E-state index in [9.17, 15) is 9.59 Å². The summed E-state index contributed by atoms with van der Waals surface area (Å²) in [5.41, 5.74) is 1.60. The molecule has 22 heavy (non-hydrogen) atoms. The zero-order valence-electron chi connectivity index (χ0n) is 12.0. The fourth-order valence-corrected chi connectivity index (χ4v) is 2.81. The highest BCUT2D eigenvalue weighted by atomic mass is 32.1. The Hall–Kier alpha value is -2.14. The first-order chi connectivity index (χ1) is 10.7. The average molecular weight is 315 g/mol. The number of ether oxygens (including phenoxy) is 1. The van der Waals surface area contributed by atoms with Gasteiger partial charge in [0.1, 0.15) is 0 Å². The van der Waals surface area contributed by atoms with Gasteiger partial charge in [-0.2, -0.15) is 11.3 Å². The van der Waals surface area contributed by atoms with Crippen LogP contribution in [0.25, 0.3) is 0 Å². The largest absolute Gasteiger partial charge is 0.447 e. The second-order valence-electron chi connectivity index (χ2n) is 5.37. The van der Waals surface area contributed by atoms with Crippen molar-refractivity contribution in [3.8, 4) is 0 Å². The van der Waals surface area contributed by atoms with Crippen molar-refractivity contribution in [2.45, 2.75) is 31.4 Å². The van der Waals surface area contributed by atoms with Crippen molar-refractivity contribution >= 4 is 23.2 Å². The molecule has 1 heterocycles. The molecule has 0 unspecified atom stereocenters. The molecule has 2 aromatic rings. The van der Waals surface area contributed by atoms with Crippen LogP contribution in [0.5, 0.6) is 0 Å². The fourth-order valence-electron chi connectivity index (χ4n) is 2.14. The fraction of sp³-hybridized carbons (Fsp3) is 0.294. The summed E-state index contributed by atoms with van der Waals surface area (Å²) >= 11 is 1.53. The molecule has 0 spiro atoms. The summed E-state index contributed by atoms with van der Waals surface area (Å²) in [4.78, 5) is 24.4. The van der Waals surface area contributed by atoms with Gasteiger partial charge in [-0.3, -0.25) is 9.59 Å². The predicted molar refractivity (Wildman–Crippen MR) is 84.5 cm³/mol. The topological polar surface area (TPSA) is 55.4 Å². The van der Waals surface area contributed by atoms with E-state index in [4.69, 9.17) is 4.74 Å². The molecule has 0 radical (unpaired) electrons. The first kappa shape index (κ1) is 14.8. The lowest BCUT2D eigenvalue weighted by Crippen LogP contribution is -2.33. The minimum absolute atomic E-state index is 0.184. The lowest BCUT2D eigenvalue weighted by molar-refractivity contribution is -0.155. The van der Waals surface area contributed by atoms with Crippen LogP contribution in [0.15, 0.2) is 47.2 Å². The van der Waals surface area contributed by atoms with Crippen molar-refractivity contribution in [3.05, 3.63) is 58.3 Å². The molecular formula is C17H17NO3S. The number of amides is 1. The van der Waals surface area contributed by atoms with Crippen molar-refractivity contribution in [2.24, 2.45) is 0 Å². The van der Waals surface area contributed by atoms with Gasteiger partial charge in [-0.15, -0.1) is 0 Å². The molecule has 1 atom stereocenters. The Balaban J connectivity index is 1.70. The Morgan fingerprint density at radius 1 is 1.23 bits per heavy atom. The molecule has 1 aromatic carbocycles. The normalized spacial score (nSPS) is 15.1. The van der Waals surface area contributed by atoms with E-state index in [1.165, 1.54) is 11.3 Å². The molecule has 1 aliphatic carbocycles. The summed E-state index contributed by atoms with van der Waals surface area (Å²) in [5.74, 6) is -0.634. The molecule has 1 N–H and O–H groups in total. The maximum Gasteiger partial charge on any atom is 0.311 e. The van der Waals surface area contributed by atoms with E-state index in [0.29, 0.717) is 5.56 Å². The van der Waals surface area contributed by atoms with Gasteiger partial charge in [0, 0.05) is 11.6 Å². The predicted octanol–water partition coefficient (Wildman–Crippen LogP) is 2.85. The van der Waals surface area contributed by atoms with Crippen molar-refractivity contribution in [1.29, 1.82) is 0 Å². The third-order valence-electron chi connectivity index (χ3n) is 3.44. The summed E-state index contributed by atoms with van der Waals surface area (Å²) in [6, 6.07) is 11.2. The van der Waals surface area contributed by atoms with Crippen molar-refractivity contribution in [3.63, 3.8) is 0 Å². The summed E-state index contributed by atoms with van der Waals surface area (Å²) in [5, 5.41) is 6.72. The van der Waals surface area contributed by atoms with Crippen LogP contribution >= 0.6 is 11.3 Å². The Bertz CT molecular complexity index is 635. The van der Waals surface area contributed by atoms with Crippen LogP contribution in [0.2, 0.25) is 0 Å². The highest BCUT2D eigenvalue weighted by Crippen LogP contribution is 2.23. The number of hydrogen-bond donors (Lipinski definition) is 1. The molecule has 4 nitrogen and oxygen atoms in total. The third-order valence-corrected chi connectivity index (χ3v) is 4.17. The number of benzene rings is 1. The van der Waals surface area contributed by atoms with E-state index in [1.54, 1.807) is 12.1 Å². The summed E-state index contributed by atoms with van der Waals surface area (Å²) in [6.07, 6.45) is 1.29. The van der Waals surface area contributed by atoms with Crippen LogP contribution in [-0.4, -0.2) is 17.9 Å². The molecule has 1 aromatic heterocycles. The van der Waals surface area contributed by atoms with Gasteiger partial charge in [-0.25, -0.2) is 0 Å². The molecule has 0 bridgehead atoms. The number of hydrogen-bond acceptors (Lipinski definition) is 4. The third kappa shape index (κ3) is 3.95. The minimum Gasteiger partial charge on any atom is -0.447 e. The van der Waals surface area contributed by atoms with Crippen molar-refractivity contribution in [2.75, 3.05) is 0 Å².